The van der Waals surface area contributed by atoms with Gasteiger partial charge in [-0.1, -0.05) is 13.8 Å². The van der Waals surface area contributed by atoms with Gasteiger partial charge in [0.05, 0.1) is 0 Å². The smallest absolute Gasteiger partial charge is 0.414 e. The highest BCUT2D eigenvalue weighted by Gasteiger charge is 2.40. The molecule has 0 aromatic carbocycles. The Balaban J connectivity index is 0.000000232. The molecule has 3 atom stereocenters. The lowest BCUT2D eigenvalue weighted by molar-refractivity contribution is -0.159. The monoisotopic (exact) mass is 313 g/mol. The lowest BCUT2D eigenvalue weighted by Gasteiger charge is -2.19. The molecule has 3 rings (SSSR count). The van der Waals surface area contributed by atoms with Crippen molar-refractivity contribution in [3.63, 3.8) is 0 Å². The van der Waals surface area contributed by atoms with Crippen LogP contribution in [-0.2, 0) is 9.59 Å². The van der Waals surface area contributed by atoms with Crippen LogP contribution in [-0.4, -0.2) is 56.0 Å². The van der Waals surface area contributed by atoms with Crippen molar-refractivity contribution in [2.24, 2.45) is 5.92 Å². The number of carbonyl (C=O) groups is 2. The van der Waals surface area contributed by atoms with E-state index in [0.717, 1.165) is 11.7 Å². The van der Waals surface area contributed by atoms with Crippen molar-refractivity contribution < 1.29 is 19.8 Å². The van der Waals surface area contributed by atoms with E-state index in [2.05, 4.69) is 23.1 Å². The molecule has 8 heteroatoms. The number of rotatable bonds is 2. The maximum Gasteiger partial charge on any atom is 0.414 e. The first-order valence-electron chi connectivity index (χ1n) is 6.90. The van der Waals surface area contributed by atoms with E-state index in [1.165, 1.54) is 31.1 Å². The first-order valence-corrected chi connectivity index (χ1v) is 7.68. The van der Waals surface area contributed by atoms with Gasteiger partial charge in [0.15, 0.2) is 0 Å². The van der Waals surface area contributed by atoms with E-state index in [4.69, 9.17) is 24.8 Å². The van der Waals surface area contributed by atoms with Gasteiger partial charge in [-0.15, -0.1) is 0 Å². The summed E-state index contributed by atoms with van der Waals surface area (Å²) in [4.78, 5) is 25.5. The Bertz CT molecular complexity index is 519. The third kappa shape index (κ3) is 3.76. The Morgan fingerprint density at radius 1 is 1.29 bits per heavy atom. The summed E-state index contributed by atoms with van der Waals surface area (Å²) in [5, 5.41) is 16.1. The third-order valence-electron chi connectivity index (χ3n) is 3.81. The minimum atomic E-state index is -1.82. The van der Waals surface area contributed by atoms with Crippen molar-refractivity contribution in [3.8, 4) is 0 Å². The van der Waals surface area contributed by atoms with Gasteiger partial charge < -0.3 is 15.1 Å². The Morgan fingerprint density at radius 2 is 1.95 bits per heavy atom. The van der Waals surface area contributed by atoms with Crippen molar-refractivity contribution in [1.82, 2.24) is 14.3 Å². The van der Waals surface area contributed by atoms with Crippen molar-refractivity contribution in [1.29, 1.82) is 0 Å². The van der Waals surface area contributed by atoms with Crippen LogP contribution >= 0.6 is 11.5 Å². The molecule has 0 saturated carbocycles. The molecule has 2 fully saturated rings. The molecule has 2 saturated heterocycles. The van der Waals surface area contributed by atoms with E-state index in [1.807, 2.05) is 0 Å². The lowest BCUT2D eigenvalue weighted by atomic mass is 9.93. The van der Waals surface area contributed by atoms with E-state index in [0.29, 0.717) is 11.8 Å². The molecule has 0 amide bonds. The van der Waals surface area contributed by atoms with Gasteiger partial charge in [-0.2, -0.15) is 4.37 Å². The Hall–Kier alpha value is -1.54. The average Bonchev–Trinajstić information content (AvgIpc) is 3.15. The standard InChI is InChI=1S/C11H17N3S.C2H2O4/c1-7(2)10-12-11(15-13-10)9-6-14-4-3-8(9)5-14;3-1(4)2(5)6/h7-9H,3-6H2,1-2H3;(H,3,4)(H,5,6). The highest BCUT2D eigenvalue weighted by molar-refractivity contribution is 7.05. The second-order valence-corrected chi connectivity index (χ2v) is 6.45. The second-order valence-electron chi connectivity index (χ2n) is 5.67. The van der Waals surface area contributed by atoms with Gasteiger partial charge in [0.1, 0.15) is 10.8 Å². The number of hydrogen-bond acceptors (Lipinski definition) is 6. The molecule has 2 aliphatic heterocycles. The summed E-state index contributed by atoms with van der Waals surface area (Å²) in [5.41, 5.74) is 0. The number of aliphatic carboxylic acids is 2. The summed E-state index contributed by atoms with van der Waals surface area (Å²) in [7, 11) is 0. The zero-order chi connectivity index (χ0) is 15.6. The van der Waals surface area contributed by atoms with Crippen LogP contribution < -0.4 is 0 Å². The Kier molecular flexibility index (Phi) is 4.89. The summed E-state index contributed by atoms with van der Waals surface area (Å²) >= 11 is 1.63. The maximum absolute atomic E-state index is 9.10. The molecule has 2 N–H and O–H groups in total. The summed E-state index contributed by atoms with van der Waals surface area (Å²) in [6, 6.07) is 0. The third-order valence-corrected chi connectivity index (χ3v) is 4.67. The molecule has 2 aliphatic rings. The van der Waals surface area contributed by atoms with Crippen molar-refractivity contribution in [2.45, 2.75) is 32.1 Å². The normalized spacial score (nSPS) is 26.5. The molecular weight excluding hydrogens is 294 g/mol. The molecule has 7 nitrogen and oxygen atoms in total. The molecule has 3 heterocycles. The van der Waals surface area contributed by atoms with Crippen molar-refractivity contribution in [3.05, 3.63) is 10.8 Å². The first kappa shape index (κ1) is 15.8. The Morgan fingerprint density at radius 3 is 2.33 bits per heavy atom. The SMILES string of the molecule is CC(C)c1nsc(C2CN3CCC2C3)n1.O=C(O)C(=O)O. The number of hydrogen-bond donors (Lipinski definition) is 2. The molecule has 1 aromatic rings. The highest BCUT2D eigenvalue weighted by atomic mass is 32.1. The first-order chi connectivity index (χ1) is 9.88. The fourth-order valence-electron chi connectivity index (χ4n) is 2.70. The van der Waals surface area contributed by atoms with Crippen LogP contribution in [0.4, 0.5) is 0 Å². The predicted octanol–water partition coefficient (Wildman–Crippen LogP) is 1.24. The number of nitrogens with zero attached hydrogens (tertiary/aromatic N) is 3. The van der Waals surface area contributed by atoms with E-state index < -0.39 is 11.9 Å². The average molecular weight is 313 g/mol. The quantitative estimate of drug-likeness (QED) is 0.791. The van der Waals surface area contributed by atoms with Gasteiger partial charge >= 0.3 is 11.9 Å². The van der Waals surface area contributed by atoms with Crippen molar-refractivity contribution in [2.75, 3.05) is 19.6 Å². The van der Waals surface area contributed by atoms with Crippen LogP contribution in [0.5, 0.6) is 0 Å². The lowest BCUT2D eigenvalue weighted by Crippen LogP contribution is -2.22. The van der Waals surface area contributed by atoms with Gasteiger partial charge in [0.2, 0.25) is 0 Å². The molecule has 21 heavy (non-hydrogen) atoms. The Labute approximate surface area is 126 Å². The molecule has 0 spiro atoms. The molecule has 116 valence electrons. The molecular formula is C13H19N3O4S. The molecule has 0 radical (unpaired) electrons. The predicted molar refractivity (Wildman–Crippen MR) is 76.6 cm³/mol. The minimum absolute atomic E-state index is 0.467. The summed E-state index contributed by atoms with van der Waals surface area (Å²) in [6.07, 6.45) is 1.36. The highest BCUT2D eigenvalue weighted by Crippen LogP contribution is 2.40. The fraction of sp³-hybridized carbons (Fsp3) is 0.692. The van der Waals surface area contributed by atoms with Gasteiger partial charge in [0.25, 0.3) is 0 Å². The minimum Gasteiger partial charge on any atom is -0.473 e. The number of carboxylic acid groups (broad SMARTS) is 2. The fourth-order valence-corrected chi connectivity index (χ4v) is 3.67. The molecule has 0 aliphatic carbocycles. The largest absolute Gasteiger partial charge is 0.473 e. The zero-order valence-corrected chi connectivity index (χ0v) is 12.8. The van der Waals surface area contributed by atoms with E-state index in [1.54, 1.807) is 11.5 Å². The van der Waals surface area contributed by atoms with Gasteiger partial charge in [0, 0.05) is 24.9 Å². The van der Waals surface area contributed by atoms with Crippen LogP contribution in [0.3, 0.4) is 0 Å². The van der Waals surface area contributed by atoms with Gasteiger partial charge in [-0.25, -0.2) is 14.6 Å². The van der Waals surface area contributed by atoms with Gasteiger partial charge in [-0.05, 0) is 30.4 Å². The number of piperidine rings is 1. The van der Waals surface area contributed by atoms with E-state index in [9.17, 15) is 0 Å². The van der Waals surface area contributed by atoms with Crippen LogP contribution in [0.15, 0.2) is 0 Å². The zero-order valence-electron chi connectivity index (χ0n) is 12.0. The van der Waals surface area contributed by atoms with Crippen LogP contribution in [0.25, 0.3) is 0 Å². The number of aromatic nitrogens is 2. The summed E-state index contributed by atoms with van der Waals surface area (Å²) in [6.45, 7) is 8.14. The number of fused-ring (bicyclic) bond motifs is 2. The van der Waals surface area contributed by atoms with Crippen LogP contribution in [0, 0.1) is 5.92 Å². The van der Waals surface area contributed by atoms with Crippen LogP contribution in [0.2, 0.25) is 0 Å². The summed E-state index contributed by atoms with van der Waals surface area (Å²) in [5.74, 6) is -0.603. The molecule has 3 unspecified atom stereocenters. The second kappa shape index (κ2) is 6.48. The molecule has 1 aromatic heterocycles. The van der Waals surface area contributed by atoms with Gasteiger partial charge in [-0.3, -0.25) is 0 Å². The van der Waals surface area contributed by atoms with E-state index in [-0.39, 0.29) is 0 Å². The van der Waals surface area contributed by atoms with Crippen molar-refractivity contribution >= 4 is 23.5 Å². The van der Waals surface area contributed by atoms with E-state index >= 15 is 0 Å². The molecule has 2 bridgehead atoms. The number of carboxylic acids is 2. The summed E-state index contributed by atoms with van der Waals surface area (Å²) < 4.78 is 4.46. The topological polar surface area (TPSA) is 104 Å². The maximum atomic E-state index is 9.10. The van der Waals surface area contributed by atoms with Crippen LogP contribution in [0.1, 0.15) is 42.9 Å².